The molecule has 3 rings (SSSR count). The second kappa shape index (κ2) is 6.47. The van der Waals surface area contributed by atoms with Crippen molar-refractivity contribution in [3.8, 4) is 0 Å². The fourth-order valence-corrected chi connectivity index (χ4v) is 1.87. The molecule has 0 fully saturated rings. The molecular formula is C16H15N5. The zero-order valence-corrected chi connectivity index (χ0v) is 11.4. The molecule has 2 heterocycles. The second-order valence-electron chi connectivity index (χ2n) is 4.47. The summed E-state index contributed by atoms with van der Waals surface area (Å²) in [5.74, 6) is 1.34. The van der Waals surface area contributed by atoms with Crippen LogP contribution in [-0.2, 0) is 6.54 Å². The van der Waals surface area contributed by atoms with Crippen LogP contribution in [-0.4, -0.2) is 15.0 Å². The van der Waals surface area contributed by atoms with Gasteiger partial charge in [0.1, 0.15) is 5.82 Å². The number of benzene rings is 1. The van der Waals surface area contributed by atoms with E-state index in [1.165, 1.54) is 0 Å². The number of nitrogens with one attached hydrogen (secondary N) is 2. The van der Waals surface area contributed by atoms with Gasteiger partial charge in [-0.1, -0.05) is 24.3 Å². The summed E-state index contributed by atoms with van der Waals surface area (Å²) in [6.45, 7) is 0.641. The van der Waals surface area contributed by atoms with Gasteiger partial charge in [-0.15, -0.1) is 0 Å². The molecule has 0 atom stereocenters. The molecule has 0 saturated heterocycles. The van der Waals surface area contributed by atoms with Crippen molar-refractivity contribution in [2.75, 3.05) is 10.6 Å². The first-order chi connectivity index (χ1) is 10.4. The minimum absolute atomic E-state index is 0.583. The highest BCUT2D eigenvalue weighted by molar-refractivity contribution is 5.56. The van der Waals surface area contributed by atoms with Crippen molar-refractivity contribution in [1.82, 2.24) is 15.0 Å². The van der Waals surface area contributed by atoms with Crippen molar-refractivity contribution in [1.29, 1.82) is 0 Å². The molecule has 5 nitrogen and oxygen atoms in total. The lowest BCUT2D eigenvalue weighted by Crippen LogP contribution is -2.05. The molecule has 0 spiro atoms. The van der Waals surface area contributed by atoms with Gasteiger partial charge in [-0.2, -0.15) is 4.98 Å². The van der Waals surface area contributed by atoms with Crippen LogP contribution in [0.4, 0.5) is 17.5 Å². The van der Waals surface area contributed by atoms with Crippen LogP contribution in [0, 0.1) is 0 Å². The predicted molar refractivity (Wildman–Crippen MR) is 83.3 cm³/mol. The minimum Gasteiger partial charge on any atom is -0.350 e. The van der Waals surface area contributed by atoms with E-state index in [2.05, 4.69) is 25.6 Å². The fourth-order valence-electron chi connectivity index (χ4n) is 1.87. The van der Waals surface area contributed by atoms with Crippen LogP contribution < -0.4 is 10.6 Å². The molecular weight excluding hydrogens is 262 g/mol. The number of rotatable bonds is 5. The largest absolute Gasteiger partial charge is 0.350 e. The molecule has 104 valence electrons. The van der Waals surface area contributed by atoms with Gasteiger partial charge in [-0.25, -0.2) is 4.98 Å². The summed E-state index contributed by atoms with van der Waals surface area (Å²) in [7, 11) is 0. The first-order valence-corrected chi connectivity index (χ1v) is 6.68. The minimum atomic E-state index is 0.583. The van der Waals surface area contributed by atoms with Crippen molar-refractivity contribution < 1.29 is 0 Å². The maximum Gasteiger partial charge on any atom is 0.224 e. The first kappa shape index (κ1) is 13.1. The molecule has 21 heavy (non-hydrogen) atoms. The van der Waals surface area contributed by atoms with Crippen molar-refractivity contribution in [3.63, 3.8) is 0 Å². The van der Waals surface area contributed by atoms with Crippen molar-refractivity contribution in [2.24, 2.45) is 0 Å². The normalized spacial score (nSPS) is 10.1. The number of anilines is 3. The average molecular weight is 277 g/mol. The van der Waals surface area contributed by atoms with Crippen molar-refractivity contribution in [3.05, 3.63) is 72.7 Å². The molecule has 0 aliphatic carbocycles. The second-order valence-corrected chi connectivity index (χ2v) is 4.47. The van der Waals surface area contributed by atoms with E-state index in [9.17, 15) is 0 Å². The number of aromatic nitrogens is 3. The zero-order chi connectivity index (χ0) is 14.3. The summed E-state index contributed by atoms with van der Waals surface area (Å²) in [5.41, 5.74) is 2.08. The van der Waals surface area contributed by atoms with Gasteiger partial charge in [-0.05, 0) is 29.8 Å². The Morgan fingerprint density at radius 2 is 1.81 bits per heavy atom. The van der Waals surface area contributed by atoms with E-state index >= 15 is 0 Å². The summed E-state index contributed by atoms with van der Waals surface area (Å²) in [5, 5.41) is 6.42. The lowest BCUT2D eigenvalue weighted by Gasteiger charge is -2.08. The van der Waals surface area contributed by atoms with Crippen LogP contribution in [0.2, 0.25) is 0 Å². The van der Waals surface area contributed by atoms with E-state index in [0.29, 0.717) is 12.5 Å². The molecule has 0 aliphatic heterocycles. The quantitative estimate of drug-likeness (QED) is 0.749. The predicted octanol–water partition coefficient (Wildman–Crippen LogP) is 3.23. The van der Waals surface area contributed by atoms with Crippen LogP contribution in [0.25, 0.3) is 0 Å². The third-order valence-electron chi connectivity index (χ3n) is 2.88. The lowest BCUT2D eigenvalue weighted by molar-refractivity contribution is 1.04. The molecule has 0 amide bonds. The summed E-state index contributed by atoms with van der Waals surface area (Å²) >= 11 is 0. The summed E-state index contributed by atoms with van der Waals surface area (Å²) in [6, 6.07) is 15.7. The summed E-state index contributed by atoms with van der Waals surface area (Å²) in [6.07, 6.45) is 5.30. The Hall–Kier alpha value is -2.95. The standard InChI is InChI=1S/C16H15N5/c1-2-6-14(7-3-1)20-15-8-10-18-16(21-15)19-12-13-5-4-9-17-11-13/h1-11H,12H2,(H2,18,19,20,21). The van der Waals surface area contributed by atoms with Crippen molar-refractivity contribution >= 4 is 17.5 Å². The Kier molecular flexibility index (Phi) is 4.02. The molecule has 0 unspecified atom stereocenters. The molecule has 1 aromatic carbocycles. The van der Waals surface area contributed by atoms with Crippen LogP contribution in [0.5, 0.6) is 0 Å². The van der Waals surface area contributed by atoms with Crippen molar-refractivity contribution in [2.45, 2.75) is 6.54 Å². The molecule has 5 heteroatoms. The molecule has 2 aromatic heterocycles. The SMILES string of the molecule is c1ccc(Nc2ccnc(NCc3cccnc3)n2)cc1. The van der Waals surface area contributed by atoms with Crippen LogP contribution in [0.15, 0.2) is 67.1 Å². The lowest BCUT2D eigenvalue weighted by atomic mass is 10.3. The Morgan fingerprint density at radius 3 is 2.62 bits per heavy atom. The number of pyridine rings is 1. The Morgan fingerprint density at radius 1 is 0.905 bits per heavy atom. The van der Waals surface area contributed by atoms with Crippen LogP contribution >= 0.6 is 0 Å². The zero-order valence-electron chi connectivity index (χ0n) is 11.4. The van der Waals surface area contributed by atoms with Crippen LogP contribution in [0.3, 0.4) is 0 Å². The van der Waals surface area contributed by atoms with E-state index in [4.69, 9.17) is 0 Å². The maximum atomic E-state index is 4.43. The molecule has 0 radical (unpaired) electrons. The topological polar surface area (TPSA) is 62.7 Å². The fraction of sp³-hybridized carbons (Fsp3) is 0.0625. The third kappa shape index (κ3) is 3.76. The smallest absolute Gasteiger partial charge is 0.224 e. The number of hydrogen-bond donors (Lipinski definition) is 2. The van der Waals surface area contributed by atoms with Gasteiger partial charge in [0, 0.05) is 30.8 Å². The third-order valence-corrected chi connectivity index (χ3v) is 2.88. The van der Waals surface area contributed by atoms with E-state index in [-0.39, 0.29) is 0 Å². The highest BCUT2D eigenvalue weighted by Gasteiger charge is 2.00. The van der Waals surface area contributed by atoms with Gasteiger partial charge >= 0.3 is 0 Å². The molecule has 0 saturated carbocycles. The van der Waals surface area contributed by atoms with Gasteiger partial charge in [0.25, 0.3) is 0 Å². The summed E-state index contributed by atoms with van der Waals surface area (Å²) < 4.78 is 0. The highest BCUT2D eigenvalue weighted by atomic mass is 15.1. The van der Waals surface area contributed by atoms with Gasteiger partial charge in [-0.3, -0.25) is 4.98 Å². The van der Waals surface area contributed by atoms with Gasteiger partial charge in [0.2, 0.25) is 5.95 Å². The molecule has 3 aromatic rings. The van der Waals surface area contributed by atoms with E-state index < -0.39 is 0 Å². The summed E-state index contributed by atoms with van der Waals surface area (Å²) in [4.78, 5) is 12.7. The average Bonchev–Trinajstić information content (AvgIpc) is 2.55. The van der Waals surface area contributed by atoms with E-state index in [1.807, 2.05) is 54.7 Å². The monoisotopic (exact) mass is 277 g/mol. The van der Waals surface area contributed by atoms with Gasteiger partial charge in [0.15, 0.2) is 0 Å². The highest BCUT2D eigenvalue weighted by Crippen LogP contribution is 2.14. The number of nitrogens with zero attached hydrogens (tertiary/aromatic N) is 3. The van der Waals surface area contributed by atoms with Gasteiger partial charge in [0.05, 0.1) is 0 Å². The first-order valence-electron chi connectivity index (χ1n) is 6.68. The Balaban J connectivity index is 1.66. The van der Waals surface area contributed by atoms with Crippen LogP contribution in [0.1, 0.15) is 5.56 Å². The van der Waals surface area contributed by atoms with E-state index in [1.54, 1.807) is 12.4 Å². The maximum absolute atomic E-state index is 4.43. The molecule has 0 aliphatic rings. The number of para-hydroxylation sites is 1. The van der Waals surface area contributed by atoms with E-state index in [0.717, 1.165) is 17.1 Å². The van der Waals surface area contributed by atoms with Gasteiger partial charge < -0.3 is 10.6 Å². The molecule has 0 bridgehead atoms. The Bertz CT molecular complexity index is 685. The Labute approximate surface area is 123 Å². The number of hydrogen-bond acceptors (Lipinski definition) is 5. The molecule has 2 N–H and O–H groups in total.